The summed E-state index contributed by atoms with van der Waals surface area (Å²) in [5.41, 5.74) is -0.621. The van der Waals surface area contributed by atoms with E-state index >= 15 is 0 Å². The average molecular weight is 236 g/mol. The third-order valence-electron chi connectivity index (χ3n) is 1.92. The van der Waals surface area contributed by atoms with Crippen LogP contribution in [0.15, 0.2) is 24.3 Å². The van der Waals surface area contributed by atoms with Crippen LogP contribution in [-0.4, -0.2) is 15.6 Å². The number of carbonyl (C=O) groups excluding carboxylic acids is 1. The van der Waals surface area contributed by atoms with Gasteiger partial charge in [-0.1, -0.05) is 0 Å². The van der Waals surface area contributed by atoms with Gasteiger partial charge in [0.2, 0.25) is 0 Å². The van der Waals surface area contributed by atoms with Gasteiger partial charge in [-0.2, -0.15) is 0 Å². The standard InChI is InChI=1S/C10H8N2O5/c1-7(13)2-3-8-4-5-9(11(14)15)6-10(8)12(16)17/h2-6H,1H3/b3-2+. The van der Waals surface area contributed by atoms with Gasteiger partial charge in [0, 0.05) is 6.07 Å². The van der Waals surface area contributed by atoms with Crippen LogP contribution in [0.25, 0.3) is 6.08 Å². The first-order valence-corrected chi connectivity index (χ1v) is 4.53. The van der Waals surface area contributed by atoms with Gasteiger partial charge in [-0.3, -0.25) is 25.0 Å². The number of allylic oxidation sites excluding steroid dienone is 1. The molecule has 17 heavy (non-hydrogen) atoms. The highest BCUT2D eigenvalue weighted by Gasteiger charge is 2.17. The van der Waals surface area contributed by atoms with Gasteiger partial charge in [0.25, 0.3) is 11.4 Å². The topological polar surface area (TPSA) is 103 Å². The van der Waals surface area contributed by atoms with E-state index in [1.54, 1.807) is 0 Å². The van der Waals surface area contributed by atoms with Crippen LogP contribution in [0.1, 0.15) is 12.5 Å². The molecule has 0 fully saturated rings. The highest BCUT2D eigenvalue weighted by molar-refractivity contribution is 5.92. The summed E-state index contributed by atoms with van der Waals surface area (Å²) >= 11 is 0. The highest BCUT2D eigenvalue weighted by atomic mass is 16.6. The normalized spacial score (nSPS) is 10.4. The molecule has 0 bridgehead atoms. The van der Waals surface area contributed by atoms with Crippen molar-refractivity contribution >= 4 is 23.2 Å². The van der Waals surface area contributed by atoms with E-state index in [9.17, 15) is 25.0 Å². The Labute approximate surface area is 95.7 Å². The Hall–Kier alpha value is -2.57. The van der Waals surface area contributed by atoms with Crippen LogP contribution in [0, 0.1) is 20.2 Å². The van der Waals surface area contributed by atoms with Gasteiger partial charge < -0.3 is 0 Å². The van der Waals surface area contributed by atoms with Crippen molar-refractivity contribution in [3.8, 4) is 0 Å². The molecule has 7 nitrogen and oxygen atoms in total. The van der Waals surface area contributed by atoms with Gasteiger partial charge >= 0.3 is 0 Å². The summed E-state index contributed by atoms with van der Waals surface area (Å²) in [6.45, 7) is 1.30. The first kappa shape index (κ1) is 12.5. The number of carbonyl (C=O) groups is 1. The number of ketones is 1. The first-order valence-electron chi connectivity index (χ1n) is 4.53. The Morgan fingerprint density at radius 2 is 1.88 bits per heavy atom. The molecular weight excluding hydrogens is 228 g/mol. The second kappa shape index (κ2) is 4.97. The molecule has 1 rings (SSSR count). The number of hydrogen-bond acceptors (Lipinski definition) is 5. The molecule has 0 unspecified atom stereocenters. The fraction of sp³-hybridized carbons (Fsp3) is 0.100. The minimum Gasteiger partial charge on any atom is -0.295 e. The number of nitro groups is 2. The third kappa shape index (κ3) is 3.20. The summed E-state index contributed by atoms with van der Waals surface area (Å²) in [5, 5.41) is 21.2. The fourth-order valence-electron chi connectivity index (χ4n) is 1.15. The summed E-state index contributed by atoms with van der Waals surface area (Å²) in [6.07, 6.45) is 2.42. The van der Waals surface area contributed by atoms with E-state index in [0.29, 0.717) is 0 Å². The maximum atomic E-state index is 10.7. The molecular formula is C10H8N2O5. The SMILES string of the molecule is CC(=O)/C=C/c1ccc([N+](=O)[O-])cc1[N+](=O)[O-]. The molecule has 0 N–H and O–H groups in total. The van der Waals surface area contributed by atoms with Crippen molar-refractivity contribution < 1.29 is 14.6 Å². The molecule has 0 aliphatic heterocycles. The number of non-ortho nitro benzene ring substituents is 1. The van der Waals surface area contributed by atoms with Crippen LogP contribution < -0.4 is 0 Å². The molecule has 0 atom stereocenters. The van der Waals surface area contributed by atoms with Crippen LogP contribution in [-0.2, 0) is 4.79 Å². The van der Waals surface area contributed by atoms with Gasteiger partial charge in [-0.25, -0.2) is 0 Å². The van der Waals surface area contributed by atoms with Crippen molar-refractivity contribution in [1.29, 1.82) is 0 Å². The number of rotatable bonds is 4. The number of nitro benzene ring substituents is 2. The van der Waals surface area contributed by atoms with Gasteiger partial charge in [-0.15, -0.1) is 0 Å². The molecule has 1 aromatic carbocycles. The Morgan fingerprint density at radius 3 is 2.35 bits per heavy atom. The molecule has 0 spiro atoms. The lowest BCUT2D eigenvalue weighted by molar-refractivity contribution is -0.394. The largest absolute Gasteiger partial charge is 0.295 e. The summed E-state index contributed by atoms with van der Waals surface area (Å²) in [5.74, 6) is -0.266. The second-order valence-electron chi connectivity index (χ2n) is 3.20. The van der Waals surface area contributed by atoms with Gasteiger partial charge in [0.1, 0.15) is 0 Å². The zero-order valence-corrected chi connectivity index (χ0v) is 8.82. The van der Waals surface area contributed by atoms with Crippen LogP contribution in [0.2, 0.25) is 0 Å². The van der Waals surface area contributed by atoms with Crippen LogP contribution in [0.4, 0.5) is 11.4 Å². The van der Waals surface area contributed by atoms with Gasteiger partial charge in [0.05, 0.1) is 21.5 Å². The van der Waals surface area contributed by atoms with Crippen molar-refractivity contribution in [3.63, 3.8) is 0 Å². The Morgan fingerprint density at radius 1 is 1.24 bits per heavy atom. The molecule has 88 valence electrons. The van der Waals surface area contributed by atoms with Gasteiger partial charge in [-0.05, 0) is 25.1 Å². The van der Waals surface area contributed by atoms with Crippen LogP contribution >= 0.6 is 0 Å². The molecule has 1 aromatic rings. The lowest BCUT2D eigenvalue weighted by Crippen LogP contribution is -1.95. The predicted octanol–water partition coefficient (Wildman–Crippen LogP) is 2.11. The Balaban J connectivity index is 3.27. The number of benzene rings is 1. The van der Waals surface area contributed by atoms with E-state index in [1.165, 1.54) is 19.1 Å². The monoisotopic (exact) mass is 236 g/mol. The summed E-state index contributed by atoms with van der Waals surface area (Å²) < 4.78 is 0. The molecule has 0 aliphatic rings. The zero-order chi connectivity index (χ0) is 13.0. The molecule has 0 radical (unpaired) electrons. The molecule has 0 amide bonds. The Kier molecular flexibility index (Phi) is 3.66. The first-order chi connectivity index (χ1) is 7.91. The second-order valence-corrected chi connectivity index (χ2v) is 3.20. The summed E-state index contributed by atoms with van der Waals surface area (Å²) in [4.78, 5) is 30.4. The van der Waals surface area contributed by atoms with E-state index in [4.69, 9.17) is 0 Å². The molecule has 7 heteroatoms. The number of hydrogen-bond donors (Lipinski definition) is 0. The Bertz CT molecular complexity index is 521. The van der Waals surface area contributed by atoms with Crippen molar-refractivity contribution in [2.45, 2.75) is 6.92 Å². The van der Waals surface area contributed by atoms with E-state index in [2.05, 4.69) is 0 Å². The van der Waals surface area contributed by atoms with E-state index in [-0.39, 0.29) is 17.0 Å². The molecule has 0 heterocycles. The van der Waals surface area contributed by atoms with Gasteiger partial charge in [0.15, 0.2) is 5.78 Å². The minimum absolute atomic E-state index is 0.149. The zero-order valence-electron chi connectivity index (χ0n) is 8.82. The predicted molar refractivity (Wildman–Crippen MR) is 59.5 cm³/mol. The maximum absolute atomic E-state index is 10.7. The number of nitrogens with zero attached hydrogens (tertiary/aromatic N) is 2. The van der Waals surface area contributed by atoms with Crippen LogP contribution in [0.5, 0.6) is 0 Å². The molecule has 0 aromatic heterocycles. The smallest absolute Gasteiger partial charge is 0.283 e. The van der Waals surface area contributed by atoms with E-state index < -0.39 is 15.5 Å². The molecule has 0 saturated carbocycles. The van der Waals surface area contributed by atoms with Crippen molar-refractivity contribution in [2.75, 3.05) is 0 Å². The van der Waals surface area contributed by atoms with Crippen molar-refractivity contribution in [3.05, 3.63) is 50.1 Å². The van der Waals surface area contributed by atoms with E-state index in [1.807, 2.05) is 0 Å². The van der Waals surface area contributed by atoms with Crippen molar-refractivity contribution in [2.24, 2.45) is 0 Å². The van der Waals surface area contributed by atoms with E-state index in [0.717, 1.165) is 18.2 Å². The third-order valence-corrected chi connectivity index (χ3v) is 1.92. The molecule has 0 aliphatic carbocycles. The summed E-state index contributed by atoms with van der Waals surface area (Å²) in [6, 6.07) is 3.24. The lowest BCUT2D eigenvalue weighted by Gasteiger charge is -1.97. The molecule has 0 saturated heterocycles. The van der Waals surface area contributed by atoms with Crippen LogP contribution in [0.3, 0.4) is 0 Å². The fourth-order valence-corrected chi connectivity index (χ4v) is 1.15. The van der Waals surface area contributed by atoms with Crippen molar-refractivity contribution in [1.82, 2.24) is 0 Å². The minimum atomic E-state index is -0.729. The maximum Gasteiger partial charge on any atom is 0.283 e. The lowest BCUT2D eigenvalue weighted by atomic mass is 10.1. The highest BCUT2D eigenvalue weighted by Crippen LogP contribution is 2.25. The average Bonchev–Trinajstić information content (AvgIpc) is 2.25. The summed E-state index contributed by atoms with van der Waals surface area (Å²) in [7, 11) is 0. The quantitative estimate of drug-likeness (QED) is 0.452.